The van der Waals surface area contributed by atoms with E-state index in [0.29, 0.717) is 32.9 Å². The highest BCUT2D eigenvalue weighted by atomic mass is 79.9. The normalized spacial score (nSPS) is 13.1. The molecule has 0 spiro atoms. The minimum Gasteiger partial charge on any atom is -0.458 e. The van der Waals surface area contributed by atoms with Gasteiger partial charge in [0.25, 0.3) is 0 Å². The zero-order valence-electron chi connectivity index (χ0n) is 14.1. The molecule has 6 nitrogen and oxygen atoms in total. The van der Waals surface area contributed by atoms with Gasteiger partial charge in [0.2, 0.25) is 0 Å². The molecule has 1 amide bonds. The van der Waals surface area contributed by atoms with Crippen LogP contribution in [0.25, 0.3) is 11.1 Å². The van der Waals surface area contributed by atoms with E-state index in [4.69, 9.17) is 26.5 Å². The zero-order valence-corrected chi connectivity index (χ0v) is 16.4. The highest BCUT2D eigenvalue weighted by molar-refractivity contribution is 9.10. The summed E-state index contributed by atoms with van der Waals surface area (Å²) in [4.78, 5) is 16.2. The Bertz CT molecular complexity index is 755. The van der Waals surface area contributed by atoms with E-state index in [2.05, 4.69) is 26.2 Å². The number of ether oxygens (including phenoxy) is 1. The van der Waals surface area contributed by atoms with Gasteiger partial charge in [0, 0.05) is 13.0 Å². The number of carbonyl (C=O) groups is 1. The van der Waals surface area contributed by atoms with E-state index in [9.17, 15) is 4.79 Å². The van der Waals surface area contributed by atoms with Gasteiger partial charge in [-0.2, -0.15) is 0 Å². The Balaban J connectivity index is 2.19. The fraction of sp³-hybridized carbons (Fsp3) is 0.500. The Morgan fingerprint density at radius 3 is 2.79 bits per heavy atom. The molecule has 2 heterocycles. The van der Waals surface area contributed by atoms with E-state index >= 15 is 0 Å². The molecule has 0 aliphatic rings. The van der Waals surface area contributed by atoms with Crippen molar-refractivity contribution in [3.63, 3.8) is 0 Å². The van der Waals surface area contributed by atoms with Crippen molar-refractivity contribution in [3.8, 4) is 0 Å². The number of alkyl carbamates (subject to hydrolysis) is 1. The number of pyridine rings is 1. The molecule has 2 rings (SSSR count). The van der Waals surface area contributed by atoms with Gasteiger partial charge in [-0.3, -0.25) is 0 Å². The summed E-state index contributed by atoms with van der Waals surface area (Å²) in [5.41, 5.74) is 7.41. The lowest BCUT2D eigenvalue weighted by molar-refractivity contribution is 0.0505. The lowest BCUT2D eigenvalue weighted by atomic mass is 10.1. The first-order valence-corrected chi connectivity index (χ1v) is 8.71. The SMILES string of the molecule is Cc1cc(Cl)nc2c(Br)c(CC(CN)NC(=O)OC(C)(C)C)oc12. The fourth-order valence-corrected chi connectivity index (χ4v) is 2.98. The van der Waals surface area contributed by atoms with Crippen LogP contribution in [0.5, 0.6) is 0 Å². The average Bonchev–Trinajstić information content (AvgIpc) is 2.74. The van der Waals surface area contributed by atoms with Gasteiger partial charge < -0.3 is 20.2 Å². The fourth-order valence-electron chi connectivity index (χ4n) is 2.22. The van der Waals surface area contributed by atoms with Crippen LogP contribution in [-0.4, -0.2) is 29.3 Å². The molecule has 0 saturated carbocycles. The van der Waals surface area contributed by atoms with E-state index in [1.54, 1.807) is 26.8 Å². The Morgan fingerprint density at radius 1 is 1.54 bits per heavy atom. The number of amides is 1. The predicted molar refractivity (Wildman–Crippen MR) is 97.4 cm³/mol. The maximum absolute atomic E-state index is 11.9. The summed E-state index contributed by atoms with van der Waals surface area (Å²) in [7, 11) is 0. The summed E-state index contributed by atoms with van der Waals surface area (Å²) in [6, 6.07) is 1.41. The summed E-state index contributed by atoms with van der Waals surface area (Å²) in [6.07, 6.45) is -0.105. The molecule has 1 unspecified atom stereocenters. The monoisotopic (exact) mass is 417 g/mol. The van der Waals surface area contributed by atoms with Crippen molar-refractivity contribution in [2.24, 2.45) is 5.73 Å². The molecule has 2 aromatic rings. The number of halogens is 2. The molecule has 8 heteroatoms. The molecule has 2 aromatic heterocycles. The number of aryl methyl sites for hydroxylation is 1. The van der Waals surface area contributed by atoms with Crippen LogP contribution in [0.3, 0.4) is 0 Å². The van der Waals surface area contributed by atoms with Crippen molar-refractivity contribution in [2.45, 2.75) is 45.8 Å². The minimum absolute atomic E-state index is 0.246. The number of fused-ring (bicyclic) bond motifs is 1. The van der Waals surface area contributed by atoms with Gasteiger partial charge in [0.1, 0.15) is 22.0 Å². The largest absolute Gasteiger partial charge is 0.458 e. The number of nitrogens with zero attached hydrogens (tertiary/aromatic N) is 1. The Kier molecular flexibility index (Phi) is 5.78. The highest BCUT2D eigenvalue weighted by Gasteiger charge is 2.22. The molecular formula is C16H21BrClN3O3. The summed E-state index contributed by atoms with van der Waals surface area (Å²) < 4.78 is 11.9. The summed E-state index contributed by atoms with van der Waals surface area (Å²) in [5, 5.41) is 3.15. The van der Waals surface area contributed by atoms with Crippen LogP contribution < -0.4 is 11.1 Å². The van der Waals surface area contributed by atoms with Crippen molar-refractivity contribution >= 4 is 44.7 Å². The second kappa shape index (κ2) is 7.29. The maximum Gasteiger partial charge on any atom is 0.407 e. The number of nitrogens with one attached hydrogen (secondary N) is 1. The van der Waals surface area contributed by atoms with Gasteiger partial charge in [-0.15, -0.1) is 0 Å². The second-order valence-electron chi connectivity index (χ2n) is 6.56. The van der Waals surface area contributed by atoms with E-state index in [-0.39, 0.29) is 12.6 Å². The van der Waals surface area contributed by atoms with Crippen LogP contribution in [0.4, 0.5) is 4.79 Å². The molecule has 132 valence electrons. The van der Waals surface area contributed by atoms with E-state index in [1.165, 1.54) is 0 Å². The highest BCUT2D eigenvalue weighted by Crippen LogP contribution is 2.33. The standard InChI is InChI=1S/C16H21BrClN3O3/c1-8-5-11(18)21-13-12(17)10(23-14(8)13)6-9(7-19)20-15(22)24-16(2,3)4/h5,9H,6-7,19H2,1-4H3,(H,20,22). The average molecular weight is 419 g/mol. The van der Waals surface area contributed by atoms with Gasteiger partial charge in [-0.05, 0) is 55.3 Å². The number of furan rings is 1. The molecule has 0 aliphatic heterocycles. The third kappa shape index (κ3) is 4.62. The number of rotatable bonds is 4. The van der Waals surface area contributed by atoms with E-state index in [1.807, 2.05) is 6.92 Å². The molecule has 0 bridgehead atoms. The van der Waals surface area contributed by atoms with Crippen LogP contribution in [0.15, 0.2) is 15.0 Å². The van der Waals surface area contributed by atoms with Crippen molar-refractivity contribution in [2.75, 3.05) is 6.54 Å². The van der Waals surface area contributed by atoms with Crippen molar-refractivity contribution in [3.05, 3.63) is 27.0 Å². The lowest BCUT2D eigenvalue weighted by Gasteiger charge is -2.22. The number of aromatic nitrogens is 1. The van der Waals surface area contributed by atoms with Gasteiger partial charge >= 0.3 is 6.09 Å². The Labute approximate surface area is 154 Å². The Hall–Kier alpha value is -1.31. The summed E-state index contributed by atoms with van der Waals surface area (Å²) in [6.45, 7) is 7.55. The van der Waals surface area contributed by atoms with Gasteiger partial charge in [0.15, 0.2) is 5.58 Å². The molecule has 0 radical (unpaired) electrons. The topological polar surface area (TPSA) is 90.4 Å². The number of nitrogens with two attached hydrogens (primary N) is 1. The van der Waals surface area contributed by atoms with Crippen molar-refractivity contribution < 1.29 is 13.9 Å². The number of hydrogen-bond donors (Lipinski definition) is 2. The maximum atomic E-state index is 11.9. The predicted octanol–water partition coefficient (Wildman–Crippen LogP) is 3.95. The van der Waals surface area contributed by atoms with Crippen LogP contribution in [0.2, 0.25) is 5.15 Å². The van der Waals surface area contributed by atoms with Crippen molar-refractivity contribution in [1.29, 1.82) is 0 Å². The molecule has 0 aliphatic carbocycles. The quantitative estimate of drug-likeness (QED) is 0.734. The molecule has 3 N–H and O–H groups in total. The summed E-state index contributed by atoms with van der Waals surface area (Å²) in [5.74, 6) is 0.648. The molecule has 1 atom stereocenters. The Morgan fingerprint density at radius 2 is 2.21 bits per heavy atom. The third-order valence-electron chi connectivity index (χ3n) is 3.24. The van der Waals surface area contributed by atoms with Crippen LogP contribution >= 0.6 is 27.5 Å². The van der Waals surface area contributed by atoms with Crippen molar-refractivity contribution in [1.82, 2.24) is 10.3 Å². The lowest BCUT2D eigenvalue weighted by Crippen LogP contribution is -2.44. The number of hydrogen-bond acceptors (Lipinski definition) is 5. The first-order valence-electron chi connectivity index (χ1n) is 7.54. The molecule has 24 heavy (non-hydrogen) atoms. The van der Waals surface area contributed by atoms with E-state index < -0.39 is 11.7 Å². The first-order chi connectivity index (χ1) is 11.1. The van der Waals surface area contributed by atoms with Crippen LogP contribution in [0, 0.1) is 6.92 Å². The zero-order chi connectivity index (χ0) is 18.1. The van der Waals surface area contributed by atoms with Crippen LogP contribution in [0.1, 0.15) is 32.1 Å². The molecular weight excluding hydrogens is 398 g/mol. The van der Waals surface area contributed by atoms with Gasteiger partial charge in [0.05, 0.1) is 10.5 Å². The second-order valence-corrected chi connectivity index (χ2v) is 7.74. The van der Waals surface area contributed by atoms with E-state index in [0.717, 1.165) is 5.56 Å². The minimum atomic E-state index is -0.568. The molecule has 0 aromatic carbocycles. The van der Waals surface area contributed by atoms with Crippen LogP contribution in [-0.2, 0) is 11.2 Å². The molecule has 0 saturated heterocycles. The third-order valence-corrected chi connectivity index (χ3v) is 4.25. The molecule has 0 fully saturated rings. The number of carbonyl (C=O) groups excluding carboxylic acids is 1. The first kappa shape index (κ1) is 19.0. The van der Waals surface area contributed by atoms with Gasteiger partial charge in [-0.1, -0.05) is 11.6 Å². The summed E-state index contributed by atoms with van der Waals surface area (Å²) >= 11 is 9.49. The smallest absolute Gasteiger partial charge is 0.407 e. The van der Waals surface area contributed by atoms with Gasteiger partial charge in [-0.25, -0.2) is 9.78 Å².